The van der Waals surface area contributed by atoms with Crippen molar-refractivity contribution in [2.24, 2.45) is 0 Å². The molecule has 60 valence electrons. The van der Waals surface area contributed by atoms with E-state index in [-0.39, 0.29) is 0 Å². The average molecular weight is 271 g/mol. The normalized spacial score (nSPS) is 34.2. The fourth-order valence-electron chi connectivity index (χ4n) is 1.35. The van der Waals surface area contributed by atoms with Gasteiger partial charge in [0.05, 0.1) is 0 Å². The van der Waals surface area contributed by atoms with Gasteiger partial charge in [0.25, 0.3) is 0 Å². The van der Waals surface area contributed by atoms with Gasteiger partial charge in [0.15, 0.2) is 0 Å². The van der Waals surface area contributed by atoms with E-state index in [0.29, 0.717) is 12.1 Å². The zero-order valence-electron chi connectivity index (χ0n) is 5.95. The van der Waals surface area contributed by atoms with Crippen LogP contribution in [-0.4, -0.2) is 22.7 Å². The summed E-state index contributed by atoms with van der Waals surface area (Å²) in [6.07, 6.45) is 4.03. The van der Waals surface area contributed by atoms with Gasteiger partial charge in [0.2, 0.25) is 0 Å². The van der Waals surface area contributed by atoms with Crippen molar-refractivity contribution in [1.29, 1.82) is 0 Å². The van der Waals surface area contributed by atoms with Crippen molar-refractivity contribution in [2.75, 3.05) is 10.7 Å². The maximum absolute atomic E-state index is 3.56. The van der Waals surface area contributed by atoms with Crippen LogP contribution in [0.2, 0.25) is 0 Å². The SMILES string of the molecule is BrCC1CCCC(CBr)N1. The monoisotopic (exact) mass is 269 g/mol. The van der Waals surface area contributed by atoms with Gasteiger partial charge >= 0.3 is 0 Å². The van der Waals surface area contributed by atoms with Crippen LogP contribution >= 0.6 is 31.9 Å². The molecule has 1 rings (SSSR count). The third-order valence-electron chi connectivity index (χ3n) is 1.95. The first kappa shape index (κ1) is 9.01. The quantitative estimate of drug-likeness (QED) is 0.760. The molecule has 3 heteroatoms. The Hall–Kier alpha value is 0.920. The molecule has 0 amide bonds. The molecule has 1 aliphatic heterocycles. The first-order chi connectivity index (χ1) is 4.86. The molecule has 1 fully saturated rings. The van der Waals surface area contributed by atoms with Gasteiger partial charge in [0.1, 0.15) is 0 Å². The molecule has 0 saturated carbocycles. The lowest BCUT2D eigenvalue weighted by atomic mass is 10.0. The lowest BCUT2D eigenvalue weighted by Crippen LogP contribution is -2.43. The van der Waals surface area contributed by atoms with Crippen molar-refractivity contribution in [1.82, 2.24) is 5.32 Å². The second-order valence-corrected chi connectivity index (χ2v) is 4.09. The van der Waals surface area contributed by atoms with Gasteiger partial charge in [-0.05, 0) is 12.8 Å². The van der Waals surface area contributed by atoms with Gasteiger partial charge in [-0.25, -0.2) is 0 Å². The summed E-state index contributed by atoms with van der Waals surface area (Å²) in [5, 5.41) is 5.75. The Morgan fingerprint density at radius 3 is 2.00 bits per heavy atom. The van der Waals surface area contributed by atoms with Gasteiger partial charge in [-0.15, -0.1) is 0 Å². The summed E-state index contributed by atoms with van der Waals surface area (Å²) in [7, 11) is 0. The highest BCUT2D eigenvalue weighted by molar-refractivity contribution is 9.09. The van der Waals surface area contributed by atoms with E-state index in [9.17, 15) is 0 Å². The summed E-state index contributed by atoms with van der Waals surface area (Å²) in [4.78, 5) is 0. The van der Waals surface area contributed by atoms with Gasteiger partial charge in [-0.2, -0.15) is 0 Å². The maximum Gasteiger partial charge on any atom is 0.0186 e. The van der Waals surface area contributed by atoms with Gasteiger partial charge < -0.3 is 5.32 Å². The summed E-state index contributed by atoms with van der Waals surface area (Å²) >= 11 is 6.98. The van der Waals surface area contributed by atoms with Gasteiger partial charge in [-0.3, -0.25) is 0 Å². The van der Waals surface area contributed by atoms with Crippen LogP contribution in [0.4, 0.5) is 0 Å². The number of piperidine rings is 1. The van der Waals surface area contributed by atoms with Crippen molar-refractivity contribution in [2.45, 2.75) is 31.3 Å². The minimum absolute atomic E-state index is 0.705. The Bertz CT molecular complexity index is 87.6. The van der Waals surface area contributed by atoms with Crippen LogP contribution in [0.1, 0.15) is 19.3 Å². The first-order valence-corrected chi connectivity index (χ1v) is 5.99. The predicted molar refractivity (Wildman–Crippen MR) is 52.2 cm³/mol. The smallest absolute Gasteiger partial charge is 0.0186 e. The van der Waals surface area contributed by atoms with E-state index in [0.717, 1.165) is 10.7 Å². The molecule has 2 atom stereocenters. The molecule has 1 heterocycles. The minimum atomic E-state index is 0.705. The standard InChI is InChI=1S/C7H13Br2N/c8-4-6-2-1-3-7(5-9)10-6/h6-7,10H,1-5H2. The van der Waals surface area contributed by atoms with Crippen LogP contribution in [0.3, 0.4) is 0 Å². The molecule has 0 radical (unpaired) electrons. The molecule has 0 aromatic carbocycles. The highest BCUT2D eigenvalue weighted by atomic mass is 79.9. The molecule has 0 aromatic heterocycles. The Morgan fingerprint density at radius 2 is 1.60 bits per heavy atom. The van der Waals surface area contributed by atoms with Crippen LogP contribution in [0.5, 0.6) is 0 Å². The molecule has 2 unspecified atom stereocenters. The van der Waals surface area contributed by atoms with E-state index < -0.39 is 0 Å². The number of hydrogen-bond donors (Lipinski definition) is 1. The zero-order chi connectivity index (χ0) is 7.40. The van der Waals surface area contributed by atoms with Gasteiger partial charge in [0, 0.05) is 22.7 Å². The fraction of sp³-hybridized carbons (Fsp3) is 1.00. The van der Waals surface area contributed by atoms with Crippen LogP contribution < -0.4 is 5.32 Å². The molecule has 10 heavy (non-hydrogen) atoms. The average Bonchev–Trinajstić information content (AvgIpc) is 2.05. The van der Waals surface area contributed by atoms with Crippen LogP contribution in [-0.2, 0) is 0 Å². The molecule has 1 saturated heterocycles. The lowest BCUT2D eigenvalue weighted by Gasteiger charge is -2.28. The van der Waals surface area contributed by atoms with Crippen molar-refractivity contribution in [3.63, 3.8) is 0 Å². The molecule has 1 aliphatic rings. The molecule has 0 spiro atoms. The third kappa shape index (κ3) is 2.51. The van der Waals surface area contributed by atoms with E-state index in [1.165, 1.54) is 19.3 Å². The summed E-state index contributed by atoms with van der Waals surface area (Å²) in [6.45, 7) is 0. The van der Waals surface area contributed by atoms with Crippen molar-refractivity contribution in [3.8, 4) is 0 Å². The highest BCUT2D eigenvalue weighted by Crippen LogP contribution is 2.15. The van der Waals surface area contributed by atoms with E-state index in [2.05, 4.69) is 37.2 Å². The zero-order valence-corrected chi connectivity index (χ0v) is 9.12. The van der Waals surface area contributed by atoms with Crippen LogP contribution in [0.15, 0.2) is 0 Å². The largest absolute Gasteiger partial charge is 0.310 e. The molecule has 1 nitrogen and oxygen atoms in total. The summed E-state index contributed by atoms with van der Waals surface area (Å²) < 4.78 is 0. The van der Waals surface area contributed by atoms with E-state index in [4.69, 9.17) is 0 Å². The summed E-state index contributed by atoms with van der Waals surface area (Å²) in [5.41, 5.74) is 0. The molecule has 0 aliphatic carbocycles. The molecule has 0 aromatic rings. The van der Waals surface area contributed by atoms with E-state index in [1.54, 1.807) is 0 Å². The lowest BCUT2D eigenvalue weighted by molar-refractivity contribution is 0.362. The number of rotatable bonds is 2. The molecular weight excluding hydrogens is 258 g/mol. The Labute approximate surface area is 79.2 Å². The number of hydrogen-bond acceptors (Lipinski definition) is 1. The van der Waals surface area contributed by atoms with Crippen LogP contribution in [0.25, 0.3) is 0 Å². The summed E-state index contributed by atoms with van der Waals surface area (Å²) in [6, 6.07) is 1.41. The third-order valence-corrected chi connectivity index (χ3v) is 3.51. The van der Waals surface area contributed by atoms with E-state index in [1.807, 2.05) is 0 Å². The van der Waals surface area contributed by atoms with Crippen molar-refractivity contribution in [3.05, 3.63) is 0 Å². The molecular formula is C7H13Br2N. The minimum Gasteiger partial charge on any atom is -0.310 e. The number of nitrogens with one attached hydrogen (secondary N) is 1. The van der Waals surface area contributed by atoms with Gasteiger partial charge in [-0.1, -0.05) is 38.3 Å². The second kappa shape index (κ2) is 4.73. The maximum atomic E-state index is 3.56. The molecule has 1 N–H and O–H groups in total. The van der Waals surface area contributed by atoms with Crippen molar-refractivity contribution >= 4 is 31.9 Å². The number of halogens is 2. The fourth-order valence-corrected chi connectivity index (χ4v) is 2.38. The molecule has 0 bridgehead atoms. The summed E-state index contributed by atoms with van der Waals surface area (Å²) in [5.74, 6) is 0. The Morgan fingerprint density at radius 1 is 1.10 bits per heavy atom. The van der Waals surface area contributed by atoms with Crippen LogP contribution in [0, 0.1) is 0 Å². The first-order valence-electron chi connectivity index (χ1n) is 3.74. The topological polar surface area (TPSA) is 12.0 Å². The number of alkyl halides is 2. The second-order valence-electron chi connectivity index (χ2n) is 2.80. The highest BCUT2D eigenvalue weighted by Gasteiger charge is 2.18. The van der Waals surface area contributed by atoms with Crippen molar-refractivity contribution < 1.29 is 0 Å². The Balaban J connectivity index is 2.25. The van der Waals surface area contributed by atoms with E-state index >= 15 is 0 Å². The predicted octanol–water partition coefficient (Wildman–Crippen LogP) is 2.29. The Kier molecular flexibility index (Phi) is 4.26.